The van der Waals surface area contributed by atoms with Crippen LogP contribution in [0.25, 0.3) is 5.69 Å². The van der Waals surface area contributed by atoms with Crippen LogP contribution in [-0.4, -0.2) is 4.57 Å². The average Bonchev–Trinajstić information content (AvgIpc) is 2.52. The van der Waals surface area contributed by atoms with Crippen molar-refractivity contribution in [3.05, 3.63) is 52.8 Å². The Morgan fingerprint density at radius 1 is 1.31 bits per heavy atom. The van der Waals surface area contributed by atoms with E-state index in [0.717, 1.165) is 11.3 Å². The van der Waals surface area contributed by atoms with Crippen molar-refractivity contribution in [1.82, 2.24) is 4.57 Å². The van der Waals surface area contributed by atoms with Crippen molar-refractivity contribution in [3.63, 3.8) is 0 Å². The van der Waals surface area contributed by atoms with Crippen molar-refractivity contribution in [3.8, 4) is 5.69 Å². The van der Waals surface area contributed by atoms with Crippen molar-refractivity contribution in [2.24, 2.45) is 0 Å². The smallest absolute Gasteiger partial charge is 0.416 e. The molecule has 3 heteroatoms. The van der Waals surface area contributed by atoms with E-state index in [1.807, 2.05) is 31.2 Å². The number of hydrogen-bond acceptors (Lipinski definition) is 2. The van der Waals surface area contributed by atoms with Gasteiger partial charge in [0.2, 0.25) is 0 Å². The highest BCUT2D eigenvalue weighted by Crippen LogP contribution is 2.10. The third-order valence-corrected chi connectivity index (χ3v) is 1.95. The molecule has 1 aromatic heterocycles. The third-order valence-electron chi connectivity index (χ3n) is 1.95. The van der Waals surface area contributed by atoms with E-state index in [4.69, 9.17) is 0 Å². The highest BCUT2D eigenvalue weighted by Gasteiger charge is 2.02. The lowest BCUT2D eigenvalue weighted by molar-refractivity contribution is 0.504. The standard InChI is InChI=1S/C10H9NO2/c1-8-4-2-3-5-9(8)11-6-7-13-10(11)12/h2-7H,1H3. The maximum absolute atomic E-state index is 11.2. The van der Waals surface area contributed by atoms with E-state index < -0.39 is 0 Å². The number of nitrogens with zero attached hydrogens (tertiary/aromatic N) is 1. The largest absolute Gasteiger partial charge is 0.423 e. The molecule has 2 rings (SSSR count). The Bertz CT molecular complexity index is 468. The van der Waals surface area contributed by atoms with Gasteiger partial charge in [0.25, 0.3) is 0 Å². The van der Waals surface area contributed by atoms with Gasteiger partial charge in [-0.1, -0.05) is 18.2 Å². The highest BCUT2D eigenvalue weighted by atomic mass is 16.4. The zero-order valence-electron chi connectivity index (χ0n) is 7.23. The lowest BCUT2D eigenvalue weighted by atomic mass is 10.2. The summed E-state index contributed by atoms with van der Waals surface area (Å²) in [5, 5.41) is 0. The Morgan fingerprint density at radius 3 is 2.69 bits per heavy atom. The molecule has 2 aromatic rings. The third kappa shape index (κ3) is 1.28. The topological polar surface area (TPSA) is 35.1 Å². The van der Waals surface area contributed by atoms with Gasteiger partial charge < -0.3 is 4.42 Å². The van der Waals surface area contributed by atoms with Gasteiger partial charge >= 0.3 is 5.76 Å². The summed E-state index contributed by atoms with van der Waals surface area (Å²) < 4.78 is 6.16. The number of hydrogen-bond donors (Lipinski definition) is 0. The normalized spacial score (nSPS) is 10.2. The molecule has 0 N–H and O–H groups in total. The van der Waals surface area contributed by atoms with Gasteiger partial charge in [-0.15, -0.1) is 0 Å². The van der Waals surface area contributed by atoms with Crippen LogP contribution in [0.5, 0.6) is 0 Å². The highest BCUT2D eigenvalue weighted by molar-refractivity contribution is 5.39. The molecule has 0 atom stereocenters. The fourth-order valence-corrected chi connectivity index (χ4v) is 1.28. The fraction of sp³-hybridized carbons (Fsp3) is 0.100. The fourth-order valence-electron chi connectivity index (χ4n) is 1.28. The second-order valence-corrected chi connectivity index (χ2v) is 2.83. The van der Waals surface area contributed by atoms with Crippen LogP contribution in [-0.2, 0) is 0 Å². The molecular weight excluding hydrogens is 166 g/mol. The van der Waals surface area contributed by atoms with Crippen molar-refractivity contribution in [2.45, 2.75) is 6.92 Å². The summed E-state index contributed by atoms with van der Waals surface area (Å²) in [6.07, 6.45) is 3.00. The van der Waals surface area contributed by atoms with Gasteiger partial charge in [0.05, 0.1) is 11.9 Å². The summed E-state index contributed by atoms with van der Waals surface area (Å²) in [7, 11) is 0. The molecule has 3 nitrogen and oxygen atoms in total. The maximum Gasteiger partial charge on any atom is 0.423 e. The van der Waals surface area contributed by atoms with Crippen LogP contribution in [0.2, 0.25) is 0 Å². The van der Waals surface area contributed by atoms with Gasteiger partial charge in [-0.2, -0.15) is 0 Å². The minimum atomic E-state index is -0.352. The van der Waals surface area contributed by atoms with E-state index >= 15 is 0 Å². The Kier molecular flexibility index (Phi) is 1.77. The van der Waals surface area contributed by atoms with Gasteiger partial charge in [0.15, 0.2) is 0 Å². The summed E-state index contributed by atoms with van der Waals surface area (Å²) in [5.41, 5.74) is 1.91. The van der Waals surface area contributed by atoms with Crippen LogP contribution in [0.1, 0.15) is 5.56 Å². The molecule has 1 heterocycles. The molecule has 0 bridgehead atoms. The molecule has 0 amide bonds. The van der Waals surface area contributed by atoms with Crippen molar-refractivity contribution >= 4 is 0 Å². The zero-order chi connectivity index (χ0) is 9.26. The lowest BCUT2D eigenvalue weighted by Gasteiger charge is -2.02. The predicted octanol–water partition coefficient (Wildman–Crippen LogP) is 1.74. The number of rotatable bonds is 1. The molecule has 0 aliphatic carbocycles. The van der Waals surface area contributed by atoms with Crippen molar-refractivity contribution < 1.29 is 4.42 Å². The monoisotopic (exact) mass is 175 g/mol. The van der Waals surface area contributed by atoms with Crippen LogP contribution in [0.15, 0.2) is 45.9 Å². The van der Waals surface area contributed by atoms with E-state index in [9.17, 15) is 4.79 Å². The molecule has 1 aromatic carbocycles. The molecule has 66 valence electrons. The molecule has 0 aliphatic heterocycles. The Labute approximate surface area is 75.2 Å². The number of aromatic nitrogens is 1. The maximum atomic E-state index is 11.2. The summed E-state index contributed by atoms with van der Waals surface area (Å²) in [6.45, 7) is 1.95. The van der Waals surface area contributed by atoms with Gasteiger partial charge in [-0.3, -0.25) is 0 Å². The summed E-state index contributed by atoms with van der Waals surface area (Å²) in [5.74, 6) is -0.352. The first-order chi connectivity index (χ1) is 6.29. The van der Waals surface area contributed by atoms with Crippen molar-refractivity contribution in [1.29, 1.82) is 0 Å². The second kappa shape index (κ2) is 2.94. The molecule has 0 fully saturated rings. The molecule has 0 unspecified atom stereocenters. The summed E-state index contributed by atoms with van der Waals surface area (Å²) in [4.78, 5) is 11.2. The van der Waals surface area contributed by atoms with Gasteiger partial charge in [0.1, 0.15) is 6.26 Å². The van der Waals surface area contributed by atoms with Crippen LogP contribution in [0.3, 0.4) is 0 Å². The number of benzene rings is 1. The molecule has 0 aliphatic rings. The molecular formula is C10H9NO2. The minimum absolute atomic E-state index is 0.352. The van der Waals surface area contributed by atoms with Gasteiger partial charge in [0, 0.05) is 0 Å². The molecule has 0 radical (unpaired) electrons. The summed E-state index contributed by atoms with van der Waals surface area (Å²) in [6, 6.07) is 7.66. The van der Waals surface area contributed by atoms with E-state index in [1.165, 1.54) is 10.8 Å². The van der Waals surface area contributed by atoms with Gasteiger partial charge in [-0.05, 0) is 18.6 Å². The Hall–Kier alpha value is -1.77. The van der Waals surface area contributed by atoms with E-state index in [0.29, 0.717) is 0 Å². The number of aryl methyl sites for hydroxylation is 1. The number of para-hydroxylation sites is 1. The zero-order valence-corrected chi connectivity index (χ0v) is 7.23. The van der Waals surface area contributed by atoms with Crippen molar-refractivity contribution in [2.75, 3.05) is 0 Å². The molecule has 13 heavy (non-hydrogen) atoms. The molecule has 0 spiro atoms. The first kappa shape index (κ1) is 7.86. The average molecular weight is 175 g/mol. The van der Waals surface area contributed by atoms with Crippen LogP contribution >= 0.6 is 0 Å². The van der Waals surface area contributed by atoms with Crippen LogP contribution in [0.4, 0.5) is 0 Å². The minimum Gasteiger partial charge on any atom is -0.416 e. The molecule has 0 saturated heterocycles. The quantitative estimate of drug-likeness (QED) is 0.661. The first-order valence-electron chi connectivity index (χ1n) is 4.01. The second-order valence-electron chi connectivity index (χ2n) is 2.83. The van der Waals surface area contributed by atoms with E-state index in [-0.39, 0.29) is 5.76 Å². The van der Waals surface area contributed by atoms with Crippen LogP contribution < -0.4 is 5.76 Å². The van der Waals surface area contributed by atoms with E-state index in [1.54, 1.807) is 6.20 Å². The predicted molar refractivity (Wildman–Crippen MR) is 49.0 cm³/mol. The van der Waals surface area contributed by atoms with Gasteiger partial charge in [-0.25, -0.2) is 9.36 Å². The Morgan fingerprint density at radius 2 is 2.08 bits per heavy atom. The Balaban J connectivity index is 2.66. The molecule has 0 saturated carbocycles. The number of oxazole rings is 1. The van der Waals surface area contributed by atoms with Crippen LogP contribution in [0, 0.1) is 6.92 Å². The lowest BCUT2D eigenvalue weighted by Crippen LogP contribution is -2.11. The van der Waals surface area contributed by atoms with E-state index in [2.05, 4.69) is 4.42 Å². The summed E-state index contributed by atoms with van der Waals surface area (Å²) >= 11 is 0. The SMILES string of the molecule is Cc1ccccc1-n1ccoc1=O. The first-order valence-corrected chi connectivity index (χ1v) is 4.01.